The average molecular weight is 432 g/mol. The summed E-state index contributed by atoms with van der Waals surface area (Å²) in [6.45, 7) is 3.25. The molecular formula is C26H26FN3O2. The molecule has 2 aromatic carbocycles. The van der Waals surface area contributed by atoms with Crippen LogP contribution in [0.4, 0.5) is 4.39 Å². The van der Waals surface area contributed by atoms with Gasteiger partial charge in [0, 0.05) is 40.8 Å². The SMILES string of the molecule is Cc1ccc2c3c(ccc2n1)OC[C@H](CN[C@H]1CC[C@H](c2c[nH]c4ccc(F)cc24)C1)O3. The van der Waals surface area contributed by atoms with Crippen molar-refractivity contribution in [3.63, 3.8) is 0 Å². The third kappa shape index (κ3) is 3.48. The Morgan fingerprint density at radius 3 is 3.00 bits per heavy atom. The first-order valence-electron chi connectivity index (χ1n) is 11.3. The van der Waals surface area contributed by atoms with Crippen molar-refractivity contribution in [3.05, 3.63) is 65.7 Å². The molecule has 0 unspecified atom stereocenters. The molecule has 0 saturated heterocycles. The van der Waals surface area contributed by atoms with Gasteiger partial charge in [-0.3, -0.25) is 4.98 Å². The van der Waals surface area contributed by atoms with Crippen molar-refractivity contribution in [3.8, 4) is 11.5 Å². The molecule has 2 aromatic heterocycles. The molecule has 1 aliphatic carbocycles. The zero-order chi connectivity index (χ0) is 21.7. The van der Waals surface area contributed by atoms with Crippen molar-refractivity contribution in [2.45, 2.75) is 44.2 Å². The molecule has 2 aliphatic rings. The molecule has 3 heterocycles. The second kappa shape index (κ2) is 7.78. The first kappa shape index (κ1) is 19.6. The Morgan fingerprint density at radius 1 is 1.12 bits per heavy atom. The van der Waals surface area contributed by atoms with Gasteiger partial charge >= 0.3 is 0 Å². The van der Waals surface area contributed by atoms with Gasteiger partial charge in [-0.1, -0.05) is 0 Å². The maximum absolute atomic E-state index is 13.8. The molecule has 5 nitrogen and oxygen atoms in total. The smallest absolute Gasteiger partial charge is 0.171 e. The molecule has 0 spiro atoms. The normalized spacial score (nSPS) is 22.6. The number of hydrogen-bond donors (Lipinski definition) is 2. The first-order chi connectivity index (χ1) is 15.6. The molecule has 0 radical (unpaired) electrons. The van der Waals surface area contributed by atoms with E-state index in [0.717, 1.165) is 64.8 Å². The van der Waals surface area contributed by atoms with Crippen LogP contribution in [0.5, 0.6) is 11.5 Å². The van der Waals surface area contributed by atoms with Crippen LogP contribution in [0.25, 0.3) is 21.8 Å². The van der Waals surface area contributed by atoms with Crippen LogP contribution in [0.1, 0.15) is 36.4 Å². The van der Waals surface area contributed by atoms with Gasteiger partial charge in [0.25, 0.3) is 0 Å². The minimum Gasteiger partial charge on any atom is -0.486 e. The van der Waals surface area contributed by atoms with Gasteiger partial charge in [0.15, 0.2) is 11.5 Å². The summed E-state index contributed by atoms with van der Waals surface area (Å²) in [6, 6.07) is 13.4. The first-order valence-corrected chi connectivity index (χ1v) is 11.3. The molecule has 3 atom stereocenters. The molecule has 6 heteroatoms. The molecule has 6 rings (SSSR count). The van der Waals surface area contributed by atoms with Gasteiger partial charge < -0.3 is 19.8 Å². The van der Waals surface area contributed by atoms with E-state index in [4.69, 9.17) is 9.47 Å². The molecule has 1 fully saturated rings. The van der Waals surface area contributed by atoms with Crippen molar-refractivity contribution in [1.82, 2.24) is 15.3 Å². The second-order valence-corrected chi connectivity index (χ2v) is 9.01. The number of aromatic amines is 1. The molecule has 2 N–H and O–H groups in total. The fourth-order valence-corrected chi connectivity index (χ4v) is 5.18. The van der Waals surface area contributed by atoms with Gasteiger partial charge in [-0.15, -0.1) is 0 Å². The Hall–Kier alpha value is -3.12. The van der Waals surface area contributed by atoms with Crippen LogP contribution < -0.4 is 14.8 Å². The molecule has 164 valence electrons. The molecule has 4 aromatic rings. The summed E-state index contributed by atoms with van der Waals surface area (Å²) < 4.78 is 26.1. The lowest BCUT2D eigenvalue weighted by Crippen LogP contribution is -2.41. The average Bonchev–Trinajstić information content (AvgIpc) is 3.43. The lowest BCUT2D eigenvalue weighted by Gasteiger charge is -2.28. The number of hydrogen-bond acceptors (Lipinski definition) is 4. The third-order valence-electron chi connectivity index (χ3n) is 6.82. The fraction of sp³-hybridized carbons (Fsp3) is 0.346. The number of rotatable bonds is 4. The number of fused-ring (bicyclic) bond motifs is 4. The van der Waals surface area contributed by atoms with Crippen LogP contribution in [0.2, 0.25) is 0 Å². The molecule has 32 heavy (non-hydrogen) atoms. The maximum Gasteiger partial charge on any atom is 0.171 e. The minimum atomic E-state index is -0.182. The lowest BCUT2D eigenvalue weighted by atomic mass is 9.97. The predicted octanol–water partition coefficient (Wildman–Crippen LogP) is 5.23. The van der Waals surface area contributed by atoms with Gasteiger partial charge in [0.2, 0.25) is 0 Å². The molecule has 1 aliphatic heterocycles. The minimum absolute atomic E-state index is 0.0457. The van der Waals surface area contributed by atoms with Crippen molar-refractivity contribution in [2.24, 2.45) is 0 Å². The number of halogens is 1. The van der Waals surface area contributed by atoms with Crippen LogP contribution in [0.3, 0.4) is 0 Å². The van der Waals surface area contributed by atoms with Crippen LogP contribution in [-0.2, 0) is 0 Å². The van der Waals surface area contributed by atoms with Crippen LogP contribution in [0, 0.1) is 12.7 Å². The summed E-state index contributed by atoms with van der Waals surface area (Å²) >= 11 is 0. The lowest BCUT2D eigenvalue weighted by molar-refractivity contribution is 0.0902. The van der Waals surface area contributed by atoms with Crippen LogP contribution in [0.15, 0.2) is 48.7 Å². The van der Waals surface area contributed by atoms with Crippen molar-refractivity contribution in [1.29, 1.82) is 0 Å². The van der Waals surface area contributed by atoms with Crippen molar-refractivity contribution >= 4 is 21.8 Å². The maximum atomic E-state index is 13.8. The van der Waals surface area contributed by atoms with E-state index in [-0.39, 0.29) is 11.9 Å². The zero-order valence-electron chi connectivity index (χ0n) is 18.0. The number of ether oxygens (including phenoxy) is 2. The Morgan fingerprint density at radius 2 is 2.06 bits per heavy atom. The van der Waals surface area contributed by atoms with Gasteiger partial charge in [0.05, 0.1) is 5.52 Å². The molecule has 1 saturated carbocycles. The topological polar surface area (TPSA) is 59.2 Å². The number of aromatic nitrogens is 2. The van der Waals surface area contributed by atoms with E-state index in [1.165, 1.54) is 11.6 Å². The van der Waals surface area contributed by atoms with E-state index < -0.39 is 0 Å². The number of aryl methyl sites for hydroxylation is 1. The van der Waals surface area contributed by atoms with E-state index in [9.17, 15) is 4.39 Å². The quantitative estimate of drug-likeness (QED) is 0.465. The number of benzene rings is 2. The van der Waals surface area contributed by atoms with Gasteiger partial charge in [0.1, 0.15) is 18.5 Å². The fourth-order valence-electron chi connectivity index (χ4n) is 5.18. The zero-order valence-corrected chi connectivity index (χ0v) is 18.0. The Labute approximate surface area is 185 Å². The van der Waals surface area contributed by atoms with Crippen molar-refractivity contribution < 1.29 is 13.9 Å². The Balaban J connectivity index is 1.12. The summed E-state index contributed by atoms with van der Waals surface area (Å²) in [5, 5.41) is 5.68. The molecular weight excluding hydrogens is 405 g/mol. The Kier molecular flexibility index (Phi) is 4.76. The van der Waals surface area contributed by atoms with Crippen molar-refractivity contribution in [2.75, 3.05) is 13.2 Å². The monoisotopic (exact) mass is 431 g/mol. The summed E-state index contributed by atoms with van der Waals surface area (Å²) in [5.74, 6) is 1.83. The van der Waals surface area contributed by atoms with E-state index >= 15 is 0 Å². The third-order valence-corrected chi connectivity index (χ3v) is 6.82. The number of nitrogens with zero attached hydrogens (tertiary/aromatic N) is 1. The van der Waals surface area contributed by atoms with Gasteiger partial charge in [-0.2, -0.15) is 0 Å². The van der Waals surface area contributed by atoms with Crippen LogP contribution in [-0.4, -0.2) is 35.3 Å². The summed E-state index contributed by atoms with van der Waals surface area (Å²) in [5.41, 5.74) is 4.14. The van der Waals surface area contributed by atoms with Gasteiger partial charge in [-0.05, 0) is 80.1 Å². The number of H-pyrrole nitrogens is 1. The Bertz CT molecular complexity index is 1300. The molecule has 0 bridgehead atoms. The van der Waals surface area contributed by atoms with E-state index in [1.807, 2.05) is 37.4 Å². The highest BCUT2D eigenvalue weighted by molar-refractivity contribution is 5.88. The van der Waals surface area contributed by atoms with E-state index in [0.29, 0.717) is 18.6 Å². The predicted molar refractivity (Wildman–Crippen MR) is 123 cm³/mol. The highest BCUT2D eigenvalue weighted by Crippen LogP contribution is 2.40. The highest BCUT2D eigenvalue weighted by Gasteiger charge is 2.29. The van der Waals surface area contributed by atoms with Crippen LogP contribution >= 0.6 is 0 Å². The standard InChI is InChI=1S/C26H26FN3O2/c1-15-2-6-20-24(30-15)8-9-25-26(20)32-19(14-31-25)12-28-18-5-3-16(10-18)22-13-29-23-7-4-17(27)11-21(22)23/h2,4,6-9,11,13,16,18-19,28-29H,3,5,10,12,14H2,1H3/t16-,18-,19-/m0/s1. The van der Waals surface area contributed by atoms with E-state index in [1.54, 1.807) is 6.07 Å². The van der Waals surface area contributed by atoms with Gasteiger partial charge in [-0.25, -0.2) is 4.39 Å². The summed E-state index contributed by atoms with van der Waals surface area (Å²) in [4.78, 5) is 7.89. The summed E-state index contributed by atoms with van der Waals surface area (Å²) in [6.07, 6.45) is 5.24. The largest absolute Gasteiger partial charge is 0.486 e. The molecule has 0 amide bonds. The highest BCUT2D eigenvalue weighted by atomic mass is 19.1. The summed E-state index contributed by atoms with van der Waals surface area (Å²) in [7, 11) is 0. The van der Waals surface area contributed by atoms with E-state index in [2.05, 4.69) is 21.4 Å². The number of nitrogens with one attached hydrogen (secondary N) is 2. The number of pyridine rings is 1. The second-order valence-electron chi connectivity index (χ2n) is 9.01.